The summed E-state index contributed by atoms with van der Waals surface area (Å²) in [5.74, 6) is -12.0. The lowest BCUT2D eigenvalue weighted by Gasteiger charge is -2.50. The van der Waals surface area contributed by atoms with E-state index in [9.17, 15) is 45.8 Å². The molecule has 0 spiro atoms. The van der Waals surface area contributed by atoms with Crippen LogP contribution in [0.1, 0.15) is 41.0 Å². The van der Waals surface area contributed by atoms with Crippen molar-refractivity contribution in [1.82, 2.24) is 0 Å². The molecule has 0 bridgehead atoms. The summed E-state index contributed by atoms with van der Waals surface area (Å²) in [5, 5.41) is 11.5. The minimum Gasteiger partial charge on any atom is -0.505 e. The van der Waals surface area contributed by atoms with E-state index in [1.807, 2.05) is 0 Å². The Morgan fingerprint density at radius 1 is 0.709 bits per heavy atom. The van der Waals surface area contributed by atoms with Crippen LogP contribution in [-0.4, -0.2) is 28.7 Å². The topological polar surface area (TPSA) is 95.0 Å². The fourth-order valence-electron chi connectivity index (χ4n) is 9.18. The monoisotopic (exact) mass is 782 g/mol. The number of carbonyl (C=O) groups is 4. The first-order chi connectivity index (χ1) is 26.0. The van der Waals surface area contributed by atoms with Gasteiger partial charge in [-0.15, -0.1) is 0 Å². The summed E-state index contributed by atoms with van der Waals surface area (Å²) in [6.07, 6.45) is -9.51. The average molecular weight is 783 g/mol. The Morgan fingerprint density at radius 2 is 1.36 bits per heavy atom. The van der Waals surface area contributed by atoms with E-state index in [2.05, 4.69) is 0 Å². The number of imide groups is 2. The van der Waals surface area contributed by atoms with E-state index in [0.717, 1.165) is 11.0 Å². The van der Waals surface area contributed by atoms with Gasteiger partial charge < -0.3 is 5.11 Å². The Morgan fingerprint density at radius 3 is 2.00 bits per heavy atom. The number of para-hydroxylation sites is 1. The molecular weight excluding hydrogens is 757 g/mol. The van der Waals surface area contributed by atoms with Gasteiger partial charge >= 0.3 is 12.4 Å². The lowest BCUT2D eigenvalue weighted by Crippen LogP contribution is -2.53. The Labute approximate surface area is 312 Å². The number of halogens is 8. The van der Waals surface area contributed by atoms with Gasteiger partial charge in [0.25, 0.3) is 0 Å². The summed E-state index contributed by atoms with van der Waals surface area (Å²) in [7, 11) is 0. The van der Waals surface area contributed by atoms with Crippen molar-refractivity contribution in [3.63, 3.8) is 0 Å². The minimum absolute atomic E-state index is 0.104. The number of phenols is 1. The second kappa shape index (κ2) is 12.5. The molecule has 3 fully saturated rings. The van der Waals surface area contributed by atoms with Crippen molar-refractivity contribution in [3.05, 3.63) is 136 Å². The molecule has 1 N–H and O–H groups in total. The van der Waals surface area contributed by atoms with Crippen molar-refractivity contribution >= 4 is 46.6 Å². The molecule has 2 saturated heterocycles. The molecule has 6 unspecified atom stereocenters. The van der Waals surface area contributed by atoms with E-state index in [1.165, 1.54) is 36.4 Å². The van der Waals surface area contributed by atoms with Crippen LogP contribution in [0.3, 0.4) is 0 Å². The number of aromatic hydroxyl groups is 1. The fraction of sp³-hybridized carbons (Fsp3) is 0.250. The second-order valence-electron chi connectivity index (χ2n) is 14.0. The third-order valence-electron chi connectivity index (χ3n) is 11.3. The third kappa shape index (κ3) is 5.39. The van der Waals surface area contributed by atoms with Crippen LogP contribution in [0, 0.1) is 29.5 Å². The Kier molecular flexibility index (Phi) is 8.30. The summed E-state index contributed by atoms with van der Waals surface area (Å²) in [6.45, 7) is 0. The number of benzene rings is 4. The minimum atomic E-state index is -5.27. The molecule has 8 rings (SSSR count). The molecule has 2 heterocycles. The number of alkyl halides is 6. The maximum atomic E-state index is 15.3. The number of carbonyl (C=O) groups excluding carboxylic acids is 4. The predicted molar refractivity (Wildman–Crippen MR) is 183 cm³/mol. The van der Waals surface area contributed by atoms with Crippen LogP contribution < -0.4 is 9.80 Å². The zero-order chi connectivity index (χ0) is 39.4. The molecule has 0 radical (unpaired) electrons. The summed E-state index contributed by atoms with van der Waals surface area (Å²) in [4.78, 5) is 59.6. The number of anilines is 2. The highest BCUT2D eigenvalue weighted by atomic mass is 35.5. The van der Waals surface area contributed by atoms with Crippen molar-refractivity contribution in [3.8, 4) is 5.75 Å². The van der Waals surface area contributed by atoms with E-state index >= 15 is 9.18 Å². The van der Waals surface area contributed by atoms with E-state index in [4.69, 9.17) is 11.6 Å². The number of nitrogens with zero attached hydrogens (tertiary/aromatic N) is 2. The van der Waals surface area contributed by atoms with Crippen LogP contribution in [0.4, 0.5) is 42.1 Å². The van der Waals surface area contributed by atoms with Gasteiger partial charge in [0.05, 0.1) is 45.7 Å². The predicted octanol–water partition coefficient (Wildman–Crippen LogP) is 8.59. The summed E-state index contributed by atoms with van der Waals surface area (Å²) in [6, 6.07) is 18.2. The van der Waals surface area contributed by atoms with Crippen LogP contribution in [0.5, 0.6) is 5.75 Å². The molecule has 4 amide bonds. The molecule has 4 aromatic carbocycles. The quantitative estimate of drug-likeness (QED) is 0.127. The highest BCUT2D eigenvalue weighted by molar-refractivity contribution is 6.32. The van der Waals surface area contributed by atoms with Crippen molar-refractivity contribution in [2.75, 3.05) is 9.80 Å². The van der Waals surface area contributed by atoms with Gasteiger partial charge in [0.15, 0.2) is 11.6 Å². The number of phenolic OH excluding ortho intramolecular Hbond substituents is 1. The molecule has 4 aromatic rings. The number of amides is 4. The van der Waals surface area contributed by atoms with Crippen LogP contribution in [0.25, 0.3) is 0 Å². The van der Waals surface area contributed by atoms with E-state index < -0.39 is 99.4 Å². The van der Waals surface area contributed by atoms with Crippen LogP contribution in [-0.2, 0) is 36.9 Å². The van der Waals surface area contributed by atoms with Crippen molar-refractivity contribution in [1.29, 1.82) is 0 Å². The van der Waals surface area contributed by atoms with Crippen LogP contribution in [0.15, 0.2) is 103 Å². The highest BCUT2D eigenvalue weighted by Gasteiger charge is 2.70. The van der Waals surface area contributed by atoms with Gasteiger partial charge in [-0.2, -0.15) is 26.3 Å². The number of allylic oxidation sites excluding steroid dienone is 2. The van der Waals surface area contributed by atoms with Crippen LogP contribution >= 0.6 is 11.6 Å². The summed E-state index contributed by atoms with van der Waals surface area (Å²) >= 11 is 6.28. The van der Waals surface area contributed by atoms with E-state index in [1.54, 1.807) is 36.4 Å². The van der Waals surface area contributed by atoms with E-state index in [-0.39, 0.29) is 40.8 Å². The van der Waals surface area contributed by atoms with Gasteiger partial charge in [0.2, 0.25) is 23.6 Å². The van der Waals surface area contributed by atoms with Crippen molar-refractivity contribution < 1.29 is 55.0 Å². The van der Waals surface area contributed by atoms with Crippen molar-refractivity contribution in [2.45, 2.75) is 36.5 Å². The second-order valence-corrected chi connectivity index (χ2v) is 14.5. The first-order valence-corrected chi connectivity index (χ1v) is 17.4. The maximum Gasteiger partial charge on any atom is 0.416 e. The molecule has 15 heteroatoms. The summed E-state index contributed by atoms with van der Waals surface area (Å²) < 4.78 is 98.5. The Balaban J connectivity index is 1.33. The molecule has 2 aliphatic carbocycles. The standard InChI is InChI=1S/C40H26ClF7N2O5/c41-22-8-4-9-23(17-22)50-35(53)29-18-28-25(32(27-10-5-11-30(42)33(27)51)38(29,37(50)55)19-6-2-1-3-7-19)12-13-26-31(28)36(54)49(34(26)52)24-15-20(39(43,44)45)14-21(16-24)40(46,47)48/h1-12,14-17,26,28-29,31-32,51H,13,18H2. The lowest BCUT2D eigenvalue weighted by atomic mass is 9.49. The normalized spacial score (nSPS) is 26.5. The van der Waals surface area contributed by atoms with Gasteiger partial charge in [-0.05, 0) is 66.8 Å². The molecule has 1 saturated carbocycles. The molecule has 7 nitrogen and oxygen atoms in total. The van der Waals surface area contributed by atoms with Gasteiger partial charge in [-0.25, -0.2) is 14.2 Å². The number of hydrogen-bond acceptors (Lipinski definition) is 5. The fourth-order valence-corrected chi connectivity index (χ4v) is 9.36. The van der Waals surface area contributed by atoms with Gasteiger partial charge in [0, 0.05) is 16.5 Å². The molecule has 55 heavy (non-hydrogen) atoms. The number of rotatable bonds is 4. The average Bonchev–Trinajstić information content (AvgIpc) is 3.53. The zero-order valence-electron chi connectivity index (χ0n) is 28.0. The first kappa shape index (κ1) is 36.5. The lowest BCUT2D eigenvalue weighted by molar-refractivity contribution is -0.143. The van der Waals surface area contributed by atoms with Gasteiger partial charge in [-0.3, -0.25) is 19.2 Å². The molecule has 2 aliphatic heterocycles. The smallest absolute Gasteiger partial charge is 0.416 e. The molecule has 6 atom stereocenters. The maximum absolute atomic E-state index is 15.3. The zero-order valence-corrected chi connectivity index (χ0v) is 28.8. The number of fused-ring (bicyclic) bond motifs is 4. The molecular formula is C40H26ClF7N2O5. The molecule has 282 valence electrons. The number of hydrogen-bond donors (Lipinski definition) is 1. The van der Waals surface area contributed by atoms with E-state index in [0.29, 0.717) is 22.6 Å². The van der Waals surface area contributed by atoms with Crippen molar-refractivity contribution in [2.24, 2.45) is 23.7 Å². The molecule has 0 aromatic heterocycles. The van der Waals surface area contributed by atoms with Gasteiger partial charge in [-0.1, -0.05) is 71.8 Å². The first-order valence-electron chi connectivity index (χ1n) is 17.0. The highest BCUT2D eigenvalue weighted by Crippen LogP contribution is 2.65. The SMILES string of the molecule is O=C1C2CC=C3C(CC4C(=O)N(c5cccc(Cl)c5)C(=O)C4(c4ccccc4)C3c3cccc(F)c3O)C2C(=O)N1c1cc(C(F)(F)F)cc(C(F)(F)F)c1. The third-order valence-corrected chi connectivity index (χ3v) is 11.6. The largest absolute Gasteiger partial charge is 0.505 e. The molecule has 4 aliphatic rings. The summed E-state index contributed by atoms with van der Waals surface area (Å²) in [5.41, 5.74) is -5.68. The Hall–Kier alpha value is -5.50. The van der Waals surface area contributed by atoms with Gasteiger partial charge in [0.1, 0.15) is 0 Å². The Bertz CT molecular complexity index is 2310. The van der Waals surface area contributed by atoms with Crippen LogP contribution in [0.2, 0.25) is 5.02 Å².